The fourth-order valence-corrected chi connectivity index (χ4v) is 2.39. The summed E-state index contributed by atoms with van der Waals surface area (Å²) in [4.78, 5) is 18.0. The van der Waals surface area contributed by atoms with Crippen molar-refractivity contribution in [2.24, 2.45) is 0 Å². The summed E-state index contributed by atoms with van der Waals surface area (Å²) in [6, 6.07) is 3.44. The third kappa shape index (κ3) is 1.28. The van der Waals surface area contributed by atoms with Crippen molar-refractivity contribution in [1.82, 2.24) is 4.98 Å². The summed E-state index contributed by atoms with van der Waals surface area (Å²) >= 11 is 5.85. The van der Waals surface area contributed by atoms with E-state index in [4.69, 9.17) is 11.6 Å². The average molecular weight is 224 g/mol. The zero-order valence-corrected chi connectivity index (χ0v) is 8.79. The minimum absolute atomic E-state index is 0.0523. The molecule has 2 aliphatic rings. The number of carbonyl (C=O) groups is 1. The molecule has 78 valence electrons. The summed E-state index contributed by atoms with van der Waals surface area (Å²) in [5.74, 6) is 0.883. The van der Waals surface area contributed by atoms with Gasteiger partial charge in [0.05, 0.1) is 5.69 Å². The number of hydrogen-bond acceptors (Lipinski definition) is 3. The van der Waals surface area contributed by atoms with Crippen LogP contribution in [0.2, 0.25) is 5.15 Å². The highest BCUT2D eigenvalue weighted by atomic mass is 35.5. The molecular formula is C10H10ClN3O. The van der Waals surface area contributed by atoms with Crippen molar-refractivity contribution in [2.75, 3.05) is 16.8 Å². The Labute approximate surface area is 92.2 Å². The van der Waals surface area contributed by atoms with Crippen molar-refractivity contribution in [3.8, 4) is 0 Å². The maximum Gasteiger partial charge on any atom is 0.247 e. The Balaban J connectivity index is 2.12. The first-order valence-corrected chi connectivity index (χ1v) is 5.37. The molecule has 3 heterocycles. The van der Waals surface area contributed by atoms with E-state index in [2.05, 4.69) is 10.3 Å². The fraction of sp³-hybridized carbons (Fsp3) is 0.400. The lowest BCUT2D eigenvalue weighted by molar-refractivity contribution is -0.117. The van der Waals surface area contributed by atoms with Crippen LogP contribution in [0.1, 0.15) is 12.8 Å². The van der Waals surface area contributed by atoms with Crippen LogP contribution in [0, 0.1) is 0 Å². The van der Waals surface area contributed by atoms with Crippen molar-refractivity contribution in [3.63, 3.8) is 0 Å². The molecule has 15 heavy (non-hydrogen) atoms. The SMILES string of the molecule is O=C1Nc2ccc(Cl)nc2N2CCCC12. The van der Waals surface area contributed by atoms with Crippen LogP contribution in [0.5, 0.6) is 0 Å². The second-order valence-electron chi connectivity index (χ2n) is 3.85. The van der Waals surface area contributed by atoms with E-state index >= 15 is 0 Å². The Morgan fingerprint density at radius 1 is 1.53 bits per heavy atom. The first-order valence-electron chi connectivity index (χ1n) is 5.00. The maximum absolute atomic E-state index is 11.7. The Bertz CT molecular complexity index is 435. The number of rotatable bonds is 0. The molecular weight excluding hydrogens is 214 g/mol. The Morgan fingerprint density at radius 3 is 3.27 bits per heavy atom. The number of halogens is 1. The van der Waals surface area contributed by atoms with Crippen LogP contribution in [0.25, 0.3) is 0 Å². The molecule has 2 aliphatic heterocycles. The number of hydrogen-bond donors (Lipinski definition) is 1. The van der Waals surface area contributed by atoms with E-state index in [0.29, 0.717) is 5.15 Å². The molecule has 0 aromatic carbocycles. The van der Waals surface area contributed by atoms with Gasteiger partial charge < -0.3 is 10.2 Å². The molecule has 0 aliphatic carbocycles. The van der Waals surface area contributed by atoms with Gasteiger partial charge in [0.2, 0.25) is 5.91 Å². The number of amides is 1. The standard InChI is InChI=1S/C10H10ClN3O/c11-8-4-3-6-9(13-8)14-5-1-2-7(14)10(15)12-6/h3-4,7H,1-2,5H2,(H,12,15). The van der Waals surface area contributed by atoms with Crippen LogP contribution in [0.15, 0.2) is 12.1 Å². The van der Waals surface area contributed by atoms with Crippen LogP contribution < -0.4 is 10.2 Å². The van der Waals surface area contributed by atoms with E-state index in [1.807, 2.05) is 4.90 Å². The highest BCUT2D eigenvalue weighted by molar-refractivity contribution is 6.29. The second-order valence-corrected chi connectivity index (χ2v) is 4.23. The lowest BCUT2D eigenvalue weighted by Crippen LogP contribution is -2.44. The zero-order valence-electron chi connectivity index (χ0n) is 8.03. The van der Waals surface area contributed by atoms with Gasteiger partial charge in [-0.25, -0.2) is 4.98 Å². The monoisotopic (exact) mass is 223 g/mol. The topological polar surface area (TPSA) is 45.2 Å². The Hall–Kier alpha value is -1.29. The molecule has 0 saturated carbocycles. The van der Waals surface area contributed by atoms with Crippen LogP contribution in [0.4, 0.5) is 11.5 Å². The third-order valence-corrected chi connectivity index (χ3v) is 3.14. The van der Waals surface area contributed by atoms with E-state index in [1.54, 1.807) is 12.1 Å². The normalized spacial score (nSPS) is 23.4. The maximum atomic E-state index is 11.7. The lowest BCUT2D eigenvalue weighted by atomic mass is 10.1. The highest BCUT2D eigenvalue weighted by Crippen LogP contribution is 2.35. The average Bonchev–Trinajstić information content (AvgIpc) is 2.69. The van der Waals surface area contributed by atoms with Gasteiger partial charge in [-0.15, -0.1) is 0 Å². The number of nitrogens with zero attached hydrogens (tertiary/aromatic N) is 2. The van der Waals surface area contributed by atoms with Gasteiger partial charge in [0.25, 0.3) is 0 Å². The molecule has 3 rings (SSSR count). The number of pyridine rings is 1. The summed E-state index contributed by atoms with van der Waals surface area (Å²) < 4.78 is 0. The minimum Gasteiger partial charge on any atom is -0.343 e. The van der Waals surface area contributed by atoms with E-state index in [-0.39, 0.29) is 11.9 Å². The van der Waals surface area contributed by atoms with Gasteiger partial charge in [0.15, 0.2) is 5.82 Å². The molecule has 5 heteroatoms. The molecule has 1 aromatic rings. The molecule has 0 radical (unpaired) electrons. The van der Waals surface area contributed by atoms with Gasteiger partial charge in [-0.3, -0.25) is 4.79 Å². The second kappa shape index (κ2) is 3.10. The van der Waals surface area contributed by atoms with E-state index in [1.165, 1.54) is 0 Å². The smallest absolute Gasteiger partial charge is 0.247 e. The van der Waals surface area contributed by atoms with Crippen LogP contribution >= 0.6 is 11.6 Å². The van der Waals surface area contributed by atoms with Gasteiger partial charge in [-0.05, 0) is 25.0 Å². The van der Waals surface area contributed by atoms with Gasteiger partial charge >= 0.3 is 0 Å². The number of nitrogens with one attached hydrogen (secondary N) is 1. The van der Waals surface area contributed by atoms with Crippen molar-refractivity contribution in [1.29, 1.82) is 0 Å². The quantitative estimate of drug-likeness (QED) is 0.681. The third-order valence-electron chi connectivity index (χ3n) is 2.93. The van der Waals surface area contributed by atoms with Crippen LogP contribution in [-0.4, -0.2) is 23.5 Å². The van der Waals surface area contributed by atoms with Crippen LogP contribution in [0.3, 0.4) is 0 Å². The summed E-state index contributed by atoms with van der Waals surface area (Å²) in [5.41, 5.74) is 0.766. The molecule has 1 atom stereocenters. The molecule has 4 nitrogen and oxygen atoms in total. The highest BCUT2D eigenvalue weighted by Gasteiger charge is 2.37. The number of anilines is 2. The minimum atomic E-state index is -0.0523. The van der Waals surface area contributed by atoms with Crippen molar-refractivity contribution >= 4 is 29.0 Å². The summed E-state index contributed by atoms with van der Waals surface area (Å²) in [5, 5.41) is 3.32. The van der Waals surface area contributed by atoms with Gasteiger partial charge in [0, 0.05) is 6.54 Å². The molecule has 0 spiro atoms. The predicted molar refractivity (Wildman–Crippen MR) is 58.2 cm³/mol. The molecule has 1 fully saturated rings. The number of aromatic nitrogens is 1. The van der Waals surface area contributed by atoms with E-state index < -0.39 is 0 Å². The van der Waals surface area contributed by atoms with Crippen molar-refractivity contribution in [2.45, 2.75) is 18.9 Å². The summed E-state index contributed by atoms with van der Waals surface area (Å²) in [6.45, 7) is 0.887. The van der Waals surface area contributed by atoms with Crippen LogP contribution in [-0.2, 0) is 4.79 Å². The first kappa shape index (κ1) is 8.97. The lowest BCUT2D eigenvalue weighted by Gasteiger charge is -2.31. The van der Waals surface area contributed by atoms with Gasteiger partial charge in [-0.2, -0.15) is 0 Å². The largest absolute Gasteiger partial charge is 0.343 e. The van der Waals surface area contributed by atoms with Crippen molar-refractivity contribution in [3.05, 3.63) is 17.3 Å². The molecule has 1 saturated heterocycles. The fourth-order valence-electron chi connectivity index (χ4n) is 2.25. The van der Waals surface area contributed by atoms with E-state index in [9.17, 15) is 4.79 Å². The zero-order chi connectivity index (χ0) is 10.4. The summed E-state index contributed by atoms with van der Waals surface area (Å²) in [6.07, 6.45) is 1.94. The Kier molecular flexibility index (Phi) is 1.85. The molecule has 1 N–H and O–H groups in total. The van der Waals surface area contributed by atoms with E-state index in [0.717, 1.165) is 30.9 Å². The van der Waals surface area contributed by atoms with Gasteiger partial charge in [0.1, 0.15) is 11.2 Å². The number of fused-ring (bicyclic) bond motifs is 3. The molecule has 0 bridgehead atoms. The number of carbonyl (C=O) groups excluding carboxylic acids is 1. The molecule has 1 unspecified atom stereocenters. The van der Waals surface area contributed by atoms with Gasteiger partial charge in [-0.1, -0.05) is 11.6 Å². The van der Waals surface area contributed by atoms with Crippen molar-refractivity contribution < 1.29 is 4.79 Å². The predicted octanol–water partition coefficient (Wildman–Crippen LogP) is 1.66. The molecule has 1 aromatic heterocycles. The first-order chi connectivity index (χ1) is 7.25. The Morgan fingerprint density at radius 2 is 2.40 bits per heavy atom. The summed E-state index contributed by atoms with van der Waals surface area (Å²) in [7, 11) is 0. The molecule has 1 amide bonds.